The van der Waals surface area contributed by atoms with E-state index in [2.05, 4.69) is 19.2 Å². The first-order valence-electron chi connectivity index (χ1n) is 7.75. The van der Waals surface area contributed by atoms with Crippen LogP contribution in [-0.4, -0.2) is 26.8 Å². The molecule has 3 nitrogen and oxygen atoms in total. The Balaban J connectivity index is 0.000000441. The van der Waals surface area contributed by atoms with Gasteiger partial charge in [0.1, 0.15) is 0 Å². The van der Waals surface area contributed by atoms with Gasteiger partial charge in [0.05, 0.1) is 13.1 Å². The number of quaternary nitrogens is 1. The fourth-order valence-corrected chi connectivity index (χ4v) is 1.54. The maximum absolute atomic E-state index is 11.4. The lowest BCUT2D eigenvalue weighted by Gasteiger charge is -2.20. The van der Waals surface area contributed by atoms with Crippen LogP contribution in [0.25, 0.3) is 0 Å². The number of hydrogen-bond donors (Lipinski definition) is 1. The molecule has 0 fully saturated rings. The molecule has 0 aliphatic rings. The van der Waals surface area contributed by atoms with Crippen molar-refractivity contribution in [1.29, 1.82) is 0 Å². The van der Waals surface area contributed by atoms with Crippen molar-refractivity contribution in [2.24, 2.45) is 5.92 Å². The Bertz CT molecular complexity index is 303. The Morgan fingerprint density at radius 1 is 1.10 bits per heavy atom. The Kier molecular flexibility index (Phi) is 12.6. The van der Waals surface area contributed by atoms with Crippen molar-refractivity contribution < 1.29 is 15.0 Å². The van der Waals surface area contributed by atoms with E-state index in [0.29, 0.717) is 18.0 Å². The number of rotatable bonds is 8. The van der Waals surface area contributed by atoms with Gasteiger partial charge in [-0.1, -0.05) is 63.5 Å². The smallest absolute Gasteiger partial charge is 0.217 e. The van der Waals surface area contributed by atoms with Crippen LogP contribution in [0.3, 0.4) is 0 Å². The van der Waals surface area contributed by atoms with Crippen molar-refractivity contribution in [1.82, 2.24) is 0 Å². The van der Waals surface area contributed by atoms with Gasteiger partial charge in [0, 0.05) is 6.61 Å². The summed E-state index contributed by atoms with van der Waals surface area (Å²) in [4.78, 5) is 0. The van der Waals surface area contributed by atoms with Gasteiger partial charge in [-0.15, -0.1) is 0 Å². The zero-order valence-corrected chi connectivity index (χ0v) is 13.5. The summed E-state index contributed by atoms with van der Waals surface area (Å²) < 4.78 is 5.13. The first kappa shape index (κ1) is 19.2. The molecule has 0 bridgehead atoms. The highest BCUT2D eigenvalue weighted by molar-refractivity contribution is 6.58. The monoisotopic (exact) mass is 279 g/mol. The molecular formula is C16H30BNO2. The molecule has 0 aromatic heterocycles. The van der Waals surface area contributed by atoms with E-state index in [1.807, 2.05) is 32.0 Å². The highest BCUT2D eigenvalue weighted by Crippen LogP contribution is 1.93. The maximum atomic E-state index is 11.4. The second kappa shape index (κ2) is 13.2. The summed E-state index contributed by atoms with van der Waals surface area (Å²) in [5.74, 6) is 0.403. The van der Waals surface area contributed by atoms with Crippen LogP contribution in [-0.2, 0) is 4.65 Å². The molecule has 20 heavy (non-hydrogen) atoms. The molecular weight excluding hydrogens is 249 g/mol. The van der Waals surface area contributed by atoms with E-state index in [-0.39, 0.29) is 0 Å². The lowest BCUT2D eigenvalue weighted by molar-refractivity contribution is -0.654. The average molecular weight is 279 g/mol. The molecule has 2 N–H and O–H groups in total. The van der Waals surface area contributed by atoms with Gasteiger partial charge in [0.2, 0.25) is 7.12 Å². The van der Waals surface area contributed by atoms with Crippen molar-refractivity contribution in [3.05, 3.63) is 30.3 Å². The van der Waals surface area contributed by atoms with Gasteiger partial charge >= 0.3 is 0 Å². The molecule has 0 heterocycles. The van der Waals surface area contributed by atoms with Crippen LogP contribution in [0.2, 0.25) is 0 Å². The summed E-state index contributed by atoms with van der Waals surface area (Å²) in [6.07, 6.45) is 2.61. The largest absolute Gasteiger partial charge is 0.853 e. The predicted octanol–water partition coefficient (Wildman–Crippen LogP) is 0.785. The van der Waals surface area contributed by atoms with Gasteiger partial charge < -0.3 is 15.0 Å². The van der Waals surface area contributed by atoms with Gasteiger partial charge in [0.25, 0.3) is 0 Å². The molecule has 0 aliphatic heterocycles. The first-order valence-corrected chi connectivity index (χ1v) is 7.75. The van der Waals surface area contributed by atoms with Gasteiger partial charge in [-0.25, -0.2) is 0 Å². The van der Waals surface area contributed by atoms with Crippen LogP contribution < -0.4 is 15.8 Å². The highest BCUT2D eigenvalue weighted by atomic mass is 16.5. The third kappa shape index (κ3) is 11.0. The summed E-state index contributed by atoms with van der Waals surface area (Å²) in [6.45, 7) is 11.6. The molecule has 0 saturated heterocycles. The topological polar surface area (TPSA) is 48.9 Å². The number of hydrogen-bond acceptors (Lipinski definition) is 2. The minimum Gasteiger partial charge on any atom is -0.853 e. The summed E-state index contributed by atoms with van der Waals surface area (Å²) in [5, 5.41) is 13.8. The van der Waals surface area contributed by atoms with Gasteiger partial charge in [-0.05, 0) is 18.8 Å². The molecule has 1 aromatic rings. The lowest BCUT2D eigenvalue weighted by atomic mass is 9.79. The summed E-state index contributed by atoms with van der Waals surface area (Å²) in [5.41, 5.74) is 0.697. The molecule has 0 radical (unpaired) electrons. The van der Waals surface area contributed by atoms with Gasteiger partial charge in [-0.3, -0.25) is 0 Å². The molecule has 4 heteroatoms. The minimum atomic E-state index is -1.04. The molecule has 0 unspecified atom stereocenters. The molecule has 0 atom stereocenters. The molecule has 0 spiro atoms. The maximum Gasteiger partial charge on any atom is 0.217 e. The molecule has 1 rings (SSSR count). The van der Waals surface area contributed by atoms with E-state index >= 15 is 0 Å². The fraction of sp³-hybridized carbons (Fsp3) is 0.625. The predicted molar refractivity (Wildman–Crippen MR) is 84.9 cm³/mol. The molecule has 0 amide bonds. The standard InChI is InChI=1S/C10H14BO2.C6H15N/c1-9(2)8-13-11(12)10-6-4-3-5-7-10;1-3-5-7-6-4-2/h3-7,9H,8H2,1-2H3;7H,3-6H2,1-2H3/q-1;/p+1. The second-order valence-corrected chi connectivity index (χ2v) is 5.34. The minimum absolute atomic E-state index is 0.403. The molecule has 1 aromatic carbocycles. The lowest BCUT2D eigenvalue weighted by Crippen LogP contribution is -2.84. The second-order valence-electron chi connectivity index (χ2n) is 5.34. The van der Waals surface area contributed by atoms with E-state index in [1.165, 1.54) is 25.9 Å². The van der Waals surface area contributed by atoms with Crippen LogP contribution in [0.1, 0.15) is 40.5 Å². The van der Waals surface area contributed by atoms with Crippen molar-refractivity contribution in [3.63, 3.8) is 0 Å². The summed E-state index contributed by atoms with van der Waals surface area (Å²) in [6, 6.07) is 9.16. The van der Waals surface area contributed by atoms with E-state index in [9.17, 15) is 5.02 Å². The van der Waals surface area contributed by atoms with Crippen molar-refractivity contribution in [2.75, 3.05) is 19.7 Å². The summed E-state index contributed by atoms with van der Waals surface area (Å²) >= 11 is 0. The fourth-order valence-electron chi connectivity index (χ4n) is 1.54. The number of nitrogens with two attached hydrogens (primary N) is 1. The van der Waals surface area contributed by atoms with Crippen LogP contribution in [0, 0.1) is 5.92 Å². The molecule has 0 aliphatic carbocycles. The van der Waals surface area contributed by atoms with E-state index < -0.39 is 7.12 Å². The number of benzene rings is 1. The quantitative estimate of drug-likeness (QED) is 0.565. The third-order valence-corrected chi connectivity index (χ3v) is 2.64. The van der Waals surface area contributed by atoms with Crippen LogP contribution in [0.15, 0.2) is 30.3 Å². The Hall–Kier alpha value is -0.835. The Morgan fingerprint density at radius 2 is 1.65 bits per heavy atom. The Morgan fingerprint density at radius 3 is 2.10 bits per heavy atom. The molecule has 114 valence electrons. The highest BCUT2D eigenvalue weighted by Gasteiger charge is 2.02. The average Bonchev–Trinajstić information content (AvgIpc) is 2.47. The van der Waals surface area contributed by atoms with Gasteiger partial charge in [0.15, 0.2) is 0 Å². The van der Waals surface area contributed by atoms with Gasteiger partial charge in [-0.2, -0.15) is 0 Å². The van der Waals surface area contributed by atoms with E-state index in [0.717, 1.165) is 0 Å². The van der Waals surface area contributed by atoms with Crippen molar-refractivity contribution >= 4 is 12.6 Å². The van der Waals surface area contributed by atoms with Crippen LogP contribution >= 0.6 is 0 Å². The Labute approximate surface area is 124 Å². The van der Waals surface area contributed by atoms with Crippen molar-refractivity contribution in [2.45, 2.75) is 40.5 Å². The van der Waals surface area contributed by atoms with Crippen LogP contribution in [0.5, 0.6) is 0 Å². The van der Waals surface area contributed by atoms with E-state index in [1.54, 1.807) is 12.1 Å². The zero-order chi connectivity index (χ0) is 15.2. The normalized spacial score (nSPS) is 10.1. The third-order valence-electron chi connectivity index (χ3n) is 2.64. The van der Waals surface area contributed by atoms with Crippen molar-refractivity contribution in [3.8, 4) is 0 Å². The van der Waals surface area contributed by atoms with E-state index in [4.69, 9.17) is 4.65 Å². The molecule has 0 saturated carbocycles. The summed E-state index contributed by atoms with van der Waals surface area (Å²) in [7, 11) is -1.04. The zero-order valence-electron chi connectivity index (χ0n) is 13.5. The van der Waals surface area contributed by atoms with Crippen LogP contribution in [0.4, 0.5) is 0 Å². The SMILES string of the molecule is CC(C)COB([O-])c1ccccc1.CCC[NH2+]CCC. The first-order chi connectivity index (χ1) is 9.61.